The Morgan fingerprint density at radius 3 is 2.52 bits per heavy atom. The van der Waals surface area contributed by atoms with Gasteiger partial charge in [0.25, 0.3) is 0 Å². The first-order chi connectivity index (χ1) is 9.86. The van der Waals surface area contributed by atoms with Crippen LogP contribution in [0.2, 0.25) is 0 Å². The van der Waals surface area contributed by atoms with E-state index in [0.29, 0.717) is 12.2 Å². The molecule has 8 heteroatoms. The van der Waals surface area contributed by atoms with Crippen LogP contribution in [0, 0.1) is 13.8 Å². The summed E-state index contributed by atoms with van der Waals surface area (Å²) in [5.41, 5.74) is 0.729. The van der Waals surface area contributed by atoms with Crippen molar-refractivity contribution >= 4 is 34.3 Å². The van der Waals surface area contributed by atoms with Crippen molar-refractivity contribution < 1.29 is 24.2 Å². The average molecular weight is 314 g/mol. The van der Waals surface area contributed by atoms with Crippen LogP contribution in [0.1, 0.15) is 34.1 Å². The Morgan fingerprint density at radius 2 is 1.95 bits per heavy atom. The highest BCUT2D eigenvalue weighted by Crippen LogP contribution is 2.32. The zero-order valence-electron chi connectivity index (χ0n) is 12.1. The van der Waals surface area contributed by atoms with Crippen molar-refractivity contribution in [2.24, 2.45) is 0 Å². The Morgan fingerprint density at radius 1 is 1.29 bits per heavy atom. The highest BCUT2D eigenvalue weighted by atomic mass is 32.1. The standard InChI is InChI=1S/C13H18N2O5S/c1-4-20-9(16)5-6-14-13(19)15-11-10(12(17)18)7(2)8(3)21-11/h4-6H2,1-3H3,(H,17,18)(H2,14,15,19). The lowest BCUT2D eigenvalue weighted by Gasteiger charge is -2.07. The van der Waals surface area contributed by atoms with Crippen LogP contribution in [0.5, 0.6) is 0 Å². The van der Waals surface area contributed by atoms with Crippen molar-refractivity contribution in [1.82, 2.24) is 5.32 Å². The number of anilines is 1. The van der Waals surface area contributed by atoms with Crippen LogP contribution >= 0.6 is 11.3 Å². The first kappa shape index (κ1) is 17.0. The number of nitrogens with one attached hydrogen (secondary N) is 2. The number of carboxylic acids is 1. The highest BCUT2D eigenvalue weighted by Gasteiger charge is 2.20. The summed E-state index contributed by atoms with van der Waals surface area (Å²) in [7, 11) is 0. The van der Waals surface area contributed by atoms with E-state index < -0.39 is 18.0 Å². The Balaban J connectivity index is 2.58. The van der Waals surface area contributed by atoms with E-state index in [-0.39, 0.29) is 23.5 Å². The minimum Gasteiger partial charge on any atom is -0.478 e. The number of carbonyl (C=O) groups is 3. The molecule has 116 valence electrons. The van der Waals surface area contributed by atoms with Gasteiger partial charge in [-0.05, 0) is 26.3 Å². The molecule has 7 nitrogen and oxygen atoms in total. The van der Waals surface area contributed by atoms with Gasteiger partial charge in [0.1, 0.15) is 5.00 Å². The predicted molar refractivity (Wildman–Crippen MR) is 79.0 cm³/mol. The van der Waals surface area contributed by atoms with Gasteiger partial charge in [0.15, 0.2) is 0 Å². The highest BCUT2D eigenvalue weighted by molar-refractivity contribution is 7.16. The third-order valence-electron chi connectivity index (χ3n) is 2.75. The lowest BCUT2D eigenvalue weighted by atomic mass is 10.1. The molecular weight excluding hydrogens is 296 g/mol. The summed E-state index contributed by atoms with van der Waals surface area (Å²) in [6.07, 6.45) is 0.0650. The Hall–Kier alpha value is -2.09. The van der Waals surface area contributed by atoms with Crippen LogP contribution in [-0.4, -0.2) is 36.2 Å². The molecule has 0 aliphatic heterocycles. The van der Waals surface area contributed by atoms with Crippen molar-refractivity contribution in [3.8, 4) is 0 Å². The fourth-order valence-electron chi connectivity index (χ4n) is 1.63. The van der Waals surface area contributed by atoms with Gasteiger partial charge in [-0.25, -0.2) is 9.59 Å². The second-order valence-corrected chi connectivity index (χ2v) is 5.45. The van der Waals surface area contributed by atoms with Crippen molar-refractivity contribution in [3.63, 3.8) is 0 Å². The molecule has 0 fully saturated rings. The molecule has 0 aliphatic rings. The summed E-state index contributed by atoms with van der Waals surface area (Å²) >= 11 is 1.20. The summed E-state index contributed by atoms with van der Waals surface area (Å²) < 4.78 is 4.73. The maximum absolute atomic E-state index is 11.7. The lowest BCUT2D eigenvalue weighted by molar-refractivity contribution is -0.142. The fourth-order valence-corrected chi connectivity index (χ4v) is 2.68. The molecule has 0 unspecified atom stereocenters. The van der Waals surface area contributed by atoms with Gasteiger partial charge in [-0.3, -0.25) is 10.1 Å². The third-order valence-corrected chi connectivity index (χ3v) is 3.87. The van der Waals surface area contributed by atoms with Crippen LogP contribution in [0.3, 0.4) is 0 Å². The first-order valence-electron chi connectivity index (χ1n) is 6.40. The molecule has 0 saturated heterocycles. The van der Waals surface area contributed by atoms with Gasteiger partial charge in [-0.1, -0.05) is 0 Å². The maximum atomic E-state index is 11.7. The van der Waals surface area contributed by atoms with Crippen molar-refractivity contribution in [2.75, 3.05) is 18.5 Å². The van der Waals surface area contributed by atoms with E-state index >= 15 is 0 Å². The van der Waals surface area contributed by atoms with Gasteiger partial charge in [0.05, 0.1) is 18.6 Å². The number of thiophene rings is 1. The van der Waals surface area contributed by atoms with Crippen molar-refractivity contribution in [1.29, 1.82) is 0 Å². The topological polar surface area (TPSA) is 105 Å². The molecule has 21 heavy (non-hydrogen) atoms. The van der Waals surface area contributed by atoms with Crippen LogP contribution in [0.4, 0.5) is 9.80 Å². The molecule has 0 atom stereocenters. The Labute approximate surface area is 126 Å². The van der Waals surface area contributed by atoms with E-state index in [0.717, 1.165) is 4.88 Å². The zero-order valence-corrected chi connectivity index (χ0v) is 12.9. The molecule has 0 radical (unpaired) electrons. The summed E-state index contributed by atoms with van der Waals surface area (Å²) in [4.78, 5) is 34.8. The molecule has 1 aromatic heterocycles. The van der Waals surface area contributed by atoms with E-state index in [1.165, 1.54) is 11.3 Å². The lowest BCUT2D eigenvalue weighted by Crippen LogP contribution is -2.31. The minimum atomic E-state index is -1.08. The van der Waals surface area contributed by atoms with Crippen LogP contribution in [0.25, 0.3) is 0 Å². The molecule has 2 amide bonds. The van der Waals surface area contributed by atoms with Crippen LogP contribution in [-0.2, 0) is 9.53 Å². The summed E-state index contributed by atoms with van der Waals surface area (Å²) in [6.45, 7) is 5.60. The number of carboxylic acid groups (broad SMARTS) is 1. The van der Waals surface area contributed by atoms with Gasteiger partial charge < -0.3 is 15.2 Å². The average Bonchev–Trinajstić information content (AvgIpc) is 2.64. The number of amides is 2. The number of hydrogen-bond donors (Lipinski definition) is 3. The monoisotopic (exact) mass is 314 g/mol. The molecule has 3 N–H and O–H groups in total. The summed E-state index contributed by atoms with van der Waals surface area (Å²) in [5, 5.41) is 14.4. The van der Waals surface area contributed by atoms with Crippen LogP contribution in [0.15, 0.2) is 0 Å². The largest absolute Gasteiger partial charge is 0.478 e. The quantitative estimate of drug-likeness (QED) is 0.698. The van der Waals surface area contributed by atoms with Gasteiger partial charge in [0, 0.05) is 11.4 Å². The number of esters is 1. The van der Waals surface area contributed by atoms with E-state index in [1.807, 2.05) is 0 Å². The number of carbonyl (C=O) groups excluding carboxylic acids is 2. The first-order valence-corrected chi connectivity index (χ1v) is 7.22. The molecule has 0 bridgehead atoms. The number of aryl methyl sites for hydroxylation is 1. The van der Waals surface area contributed by atoms with Gasteiger partial charge in [-0.2, -0.15) is 0 Å². The molecule has 1 rings (SSSR count). The molecular formula is C13H18N2O5S. The van der Waals surface area contributed by atoms with Crippen molar-refractivity contribution in [3.05, 3.63) is 16.0 Å². The van der Waals surface area contributed by atoms with Crippen molar-refractivity contribution in [2.45, 2.75) is 27.2 Å². The third kappa shape index (κ3) is 4.75. The molecule has 1 heterocycles. The number of ether oxygens (including phenoxy) is 1. The number of urea groups is 1. The number of rotatable bonds is 6. The van der Waals surface area contributed by atoms with E-state index in [4.69, 9.17) is 9.84 Å². The van der Waals surface area contributed by atoms with Crippen LogP contribution < -0.4 is 10.6 Å². The van der Waals surface area contributed by atoms with Gasteiger partial charge in [0.2, 0.25) is 0 Å². The molecule has 0 aliphatic carbocycles. The van der Waals surface area contributed by atoms with Gasteiger partial charge >= 0.3 is 18.0 Å². The Bertz CT molecular complexity index is 553. The van der Waals surface area contributed by atoms with E-state index in [9.17, 15) is 14.4 Å². The summed E-state index contributed by atoms with van der Waals surface area (Å²) in [5.74, 6) is -1.48. The molecule has 1 aromatic rings. The second kappa shape index (κ2) is 7.63. The van der Waals surface area contributed by atoms with Gasteiger partial charge in [-0.15, -0.1) is 11.3 Å². The van der Waals surface area contributed by atoms with E-state index in [2.05, 4.69) is 10.6 Å². The zero-order chi connectivity index (χ0) is 16.0. The predicted octanol–water partition coefficient (Wildman–Crippen LogP) is 2.14. The summed E-state index contributed by atoms with van der Waals surface area (Å²) in [6, 6.07) is -0.553. The molecule has 0 saturated carbocycles. The molecule has 0 spiro atoms. The second-order valence-electron chi connectivity index (χ2n) is 4.23. The number of aromatic carboxylic acids is 1. The molecule has 0 aromatic carbocycles. The smallest absolute Gasteiger partial charge is 0.338 e. The van der Waals surface area contributed by atoms with E-state index in [1.54, 1.807) is 20.8 Å². The normalized spacial score (nSPS) is 10.0. The Kier molecular flexibility index (Phi) is 6.16. The fraction of sp³-hybridized carbons (Fsp3) is 0.462. The number of hydrogen-bond acceptors (Lipinski definition) is 5. The maximum Gasteiger partial charge on any atom is 0.338 e. The SMILES string of the molecule is CCOC(=O)CCNC(=O)Nc1sc(C)c(C)c1C(=O)O. The minimum absolute atomic E-state index is 0.0650.